The lowest BCUT2D eigenvalue weighted by atomic mass is 10.0. The monoisotopic (exact) mass is 404 g/mol. The van der Waals surface area contributed by atoms with E-state index in [0.717, 1.165) is 0 Å². The highest BCUT2D eigenvalue weighted by atomic mass is 16.4. The van der Waals surface area contributed by atoms with E-state index >= 15 is 0 Å². The van der Waals surface area contributed by atoms with E-state index in [1.165, 1.54) is 0 Å². The molecule has 0 aliphatic heterocycles. The Hall–Kier alpha value is -2.73. The SMILES string of the molecule is CC(C)C[C@H](N)C(=O)NCC(=O)N[C@@H](CO)C(=O)N[C@@H](CCC(=O)O)C(=O)O. The van der Waals surface area contributed by atoms with Crippen molar-refractivity contribution >= 4 is 29.7 Å². The third-order valence-corrected chi connectivity index (χ3v) is 3.58. The Balaban J connectivity index is 4.62. The summed E-state index contributed by atoms with van der Waals surface area (Å²) in [5.41, 5.74) is 5.67. The first-order valence-electron chi connectivity index (χ1n) is 8.66. The predicted molar refractivity (Wildman–Crippen MR) is 95.9 cm³/mol. The van der Waals surface area contributed by atoms with Crippen molar-refractivity contribution in [3.05, 3.63) is 0 Å². The summed E-state index contributed by atoms with van der Waals surface area (Å²) in [6.45, 7) is 2.44. The van der Waals surface area contributed by atoms with Gasteiger partial charge in [0.15, 0.2) is 0 Å². The maximum Gasteiger partial charge on any atom is 0.326 e. The summed E-state index contributed by atoms with van der Waals surface area (Å²) >= 11 is 0. The fraction of sp³-hybridized carbons (Fsp3) is 0.688. The van der Waals surface area contributed by atoms with Gasteiger partial charge in [-0.1, -0.05) is 13.8 Å². The molecule has 0 aliphatic carbocycles. The van der Waals surface area contributed by atoms with Crippen molar-refractivity contribution in [2.24, 2.45) is 11.7 Å². The third-order valence-electron chi connectivity index (χ3n) is 3.58. The molecule has 0 saturated heterocycles. The van der Waals surface area contributed by atoms with E-state index in [-0.39, 0.29) is 12.3 Å². The number of nitrogens with two attached hydrogens (primary N) is 1. The van der Waals surface area contributed by atoms with Gasteiger partial charge >= 0.3 is 11.9 Å². The molecule has 0 unspecified atom stereocenters. The van der Waals surface area contributed by atoms with Crippen LogP contribution in [0.4, 0.5) is 0 Å². The molecule has 160 valence electrons. The second kappa shape index (κ2) is 12.6. The molecule has 8 N–H and O–H groups in total. The molecule has 0 aromatic rings. The van der Waals surface area contributed by atoms with Gasteiger partial charge in [0.1, 0.15) is 12.1 Å². The summed E-state index contributed by atoms with van der Waals surface area (Å²) in [6, 6.07) is -3.76. The highest BCUT2D eigenvalue weighted by Crippen LogP contribution is 2.02. The van der Waals surface area contributed by atoms with Gasteiger partial charge < -0.3 is 37.0 Å². The zero-order valence-corrected chi connectivity index (χ0v) is 15.8. The Morgan fingerprint density at radius 2 is 1.57 bits per heavy atom. The number of hydrogen-bond donors (Lipinski definition) is 7. The topological polar surface area (TPSA) is 208 Å². The van der Waals surface area contributed by atoms with Crippen molar-refractivity contribution in [3.63, 3.8) is 0 Å². The van der Waals surface area contributed by atoms with Crippen LogP contribution in [0.1, 0.15) is 33.1 Å². The molecule has 0 bridgehead atoms. The van der Waals surface area contributed by atoms with Gasteiger partial charge in [0.25, 0.3) is 0 Å². The second-order valence-electron chi connectivity index (χ2n) is 6.59. The van der Waals surface area contributed by atoms with Crippen LogP contribution in [0.3, 0.4) is 0 Å². The van der Waals surface area contributed by atoms with E-state index in [4.69, 9.17) is 15.9 Å². The largest absolute Gasteiger partial charge is 0.481 e. The average molecular weight is 404 g/mol. The van der Waals surface area contributed by atoms with Crippen LogP contribution in [0.25, 0.3) is 0 Å². The first-order valence-corrected chi connectivity index (χ1v) is 8.66. The Bertz CT molecular complexity index is 581. The van der Waals surface area contributed by atoms with Crippen LogP contribution in [0.5, 0.6) is 0 Å². The number of aliphatic hydroxyl groups excluding tert-OH is 1. The Labute approximate surface area is 161 Å². The summed E-state index contributed by atoms with van der Waals surface area (Å²) in [5, 5.41) is 33.4. The van der Waals surface area contributed by atoms with Crippen molar-refractivity contribution in [1.29, 1.82) is 0 Å². The molecule has 0 saturated carbocycles. The molecule has 0 heterocycles. The van der Waals surface area contributed by atoms with E-state index < -0.39 is 67.4 Å². The Kier molecular flexibility index (Phi) is 11.4. The molecule has 28 heavy (non-hydrogen) atoms. The van der Waals surface area contributed by atoms with E-state index in [2.05, 4.69) is 10.6 Å². The molecule has 0 aliphatic rings. The molecule has 0 rings (SSSR count). The number of hydrogen-bond acceptors (Lipinski definition) is 7. The smallest absolute Gasteiger partial charge is 0.326 e. The van der Waals surface area contributed by atoms with Crippen molar-refractivity contribution in [1.82, 2.24) is 16.0 Å². The summed E-state index contributed by atoms with van der Waals surface area (Å²) in [7, 11) is 0. The lowest BCUT2D eigenvalue weighted by Gasteiger charge is -2.20. The predicted octanol–water partition coefficient (Wildman–Crippen LogP) is -2.61. The van der Waals surface area contributed by atoms with Crippen molar-refractivity contribution in [3.8, 4) is 0 Å². The number of carboxylic acid groups (broad SMARTS) is 2. The van der Waals surface area contributed by atoms with Gasteiger partial charge in [0.2, 0.25) is 17.7 Å². The molecule has 0 aromatic heterocycles. The molecule has 0 aromatic carbocycles. The molecule has 0 spiro atoms. The van der Waals surface area contributed by atoms with Crippen molar-refractivity contribution in [2.75, 3.05) is 13.2 Å². The summed E-state index contributed by atoms with van der Waals surface area (Å²) < 4.78 is 0. The minimum absolute atomic E-state index is 0.181. The van der Waals surface area contributed by atoms with Crippen LogP contribution in [0.15, 0.2) is 0 Å². The van der Waals surface area contributed by atoms with Crippen LogP contribution >= 0.6 is 0 Å². The highest BCUT2D eigenvalue weighted by Gasteiger charge is 2.26. The van der Waals surface area contributed by atoms with E-state index in [1.807, 2.05) is 19.2 Å². The molecule has 0 radical (unpaired) electrons. The summed E-state index contributed by atoms with van der Waals surface area (Å²) in [6.07, 6.45) is -0.440. The Morgan fingerprint density at radius 1 is 0.964 bits per heavy atom. The van der Waals surface area contributed by atoms with Gasteiger partial charge in [-0.15, -0.1) is 0 Å². The second-order valence-corrected chi connectivity index (χ2v) is 6.59. The van der Waals surface area contributed by atoms with Gasteiger partial charge in [-0.05, 0) is 18.8 Å². The number of aliphatic hydroxyl groups is 1. The highest BCUT2D eigenvalue weighted by molar-refractivity contribution is 5.92. The average Bonchev–Trinajstić information content (AvgIpc) is 2.59. The maximum atomic E-state index is 12.0. The van der Waals surface area contributed by atoms with E-state index in [9.17, 15) is 29.1 Å². The molecular formula is C16H28N4O8. The van der Waals surface area contributed by atoms with Gasteiger partial charge in [-0.2, -0.15) is 0 Å². The fourth-order valence-corrected chi connectivity index (χ4v) is 2.15. The molecule has 0 fully saturated rings. The minimum Gasteiger partial charge on any atom is -0.481 e. The van der Waals surface area contributed by atoms with Crippen LogP contribution in [-0.4, -0.2) is 76.3 Å². The number of aliphatic carboxylic acids is 2. The van der Waals surface area contributed by atoms with E-state index in [1.54, 1.807) is 0 Å². The summed E-state index contributed by atoms with van der Waals surface area (Å²) in [4.78, 5) is 57.3. The normalized spacial score (nSPS) is 13.9. The molecule has 3 atom stereocenters. The number of carbonyl (C=O) groups excluding carboxylic acids is 3. The zero-order chi connectivity index (χ0) is 21.9. The van der Waals surface area contributed by atoms with Crippen LogP contribution in [0, 0.1) is 5.92 Å². The first kappa shape index (κ1) is 25.3. The van der Waals surface area contributed by atoms with Crippen molar-refractivity contribution < 1.29 is 39.3 Å². The quantitative estimate of drug-likeness (QED) is 0.171. The number of rotatable bonds is 13. The Morgan fingerprint density at radius 3 is 2.04 bits per heavy atom. The van der Waals surface area contributed by atoms with Gasteiger partial charge in [-0.25, -0.2) is 4.79 Å². The van der Waals surface area contributed by atoms with Gasteiger partial charge in [0.05, 0.1) is 19.2 Å². The third kappa shape index (κ3) is 10.4. The number of amides is 3. The van der Waals surface area contributed by atoms with Crippen molar-refractivity contribution in [2.45, 2.75) is 51.2 Å². The first-order chi connectivity index (χ1) is 13.0. The number of carboxylic acids is 2. The van der Waals surface area contributed by atoms with Gasteiger partial charge in [0, 0.05) is 6.42 Å². The molecule has 12 nitrogen and oxygen atoms in total. The van der Waals surface area contributed by atoms with Gasteiger partial charge in [-0.3, -0.25) is 19.2 Å². The zero-order valence-electron chi connectivity index (χ0n) is 15.8. The summed E-state index contributed by atoms with van der Waals surface area (Å²) in [5.74, 6) is -4.86. The van der Waals surface area contributed by atoms with Crippen LogP contribution < -0.4 is 21.7 Å². The minimum atomic E-state index is -1.50. The maximum absolute atomic E-state index is 12.0. The molecule has 3 amide bonds. The molecular weight excluding hydrogens is 376 g/mol. The lowest BCUT2D eigenvalue weighted by molar-refractivity contribution is -0.143. The van der Waals surface area contributed by atoms with Crippen LogP contribution in [-0.2, 0) is 24.0 Å². The van der Waals surface area contributed by atoms with E-state index in [0.29, 0.717) is 6.42 Å². The standard InChI is InChI=1S/C16H28N4O8/c1-8(2)5-9(17)14(25)18-6-12(22)19-11(7-21)15(26)20-10(16(27)28)3-4-13(23)24/h8-11,21H,3-7,17H2,1-2H3,(H,18,25)(H,19,22)(H,20,26)(H,23,24)(H,27,28)/t9-,10-,11-/m0/s1. The lowest BCUT2D eigenvalue weighted by Crippen LogP contribution is -2.55. The number of nitrogens with one attached hydrogen (secondary N) is 3. The van der Waals surface area contributed by atoms with Crippen LogP contribution in [0.2, 0.25) is 0 Å². The fourth-order valence-electron chi connectivity index (χ4n) is 2.15. The number of carbonyl (C=O) groups is 5. The molecule has 12 heteroatoms.